The zero-order valence-corrected chi connectivity index (χ0v) is 15.8. The highest BCUT2D eigenvalue weighted by molar-refractivity contribution is 7.90. The molecule has 0 bridgehead atoms. The van der Waals surface area contributed by atoms with Crippen molar-refractivity contribution in [2.75, 3.05) is 6.26 Å². The van der Waals surface area contributed by atoms with Gasteiger partial charge in [-0.15, -0.1) is 0 Å². The van der Waals surface area contributed by atoms with E-state index in [0.717, 1.165) is 24.5 Å². The summed E-state index contributed by atoms with van der Waals surface area (Å²) in [5, 5.41) is 28.4. The zero-order valence-electron chi connectivity index (χ0n) is 15.0. The van der Waals surface area contributed by atoms with E-state index in [4.69, 9.17) is 15.1 Å². The average Bonchev–Trinajstić information content (AvgIpc) is 2.85. The highest BCUT2D eigenvalue weighted by atomic mass is 32.2. The Morgan fingerprint density at radius 1 is 1.28 bits per heavy atom. The van der Waals surface area contributed by atoms with Gasteiger partial charge in [-0.1, -0.05) is 0 Å². The molecule has 2 N–H and O–H groups in total. The van der Waals surface area contributed by atoms with Gasteiger partial charge in [-0.05, 0) is 29.8 Å². The number of aliphatic hydroxyl groups excluding tert-OH is 1. The van der Waals surface area contributed by atoms with Crippen LogP contribution in [0.2, 0.25) is 0 Å². The van der Waals surface area contributed by atoms with E-state index < -0.39 is 46.2 Å². The fourth-order valence-corrected chi connectivity index (χ4v) is 4.43. The Morgan fingerprint density at radius 2 is 1.97 bits per heavy atom. The number of fused-ring (bicyclic) bond motifs is 1. The topological polar surface area (TPSA) is 125 Å². The molecule has 0 fully saturated rings. The molecule has 0 heterocycles. The fraction of sp³-hybridized carbons (Fsp3) is 0.263. The van der Waals surface area contributed by atoms with Crippen LogP contribution >= 0.6 is 0 Å². The third kappa shape index (κ3) is 3.92. The Kier molecular flexibility index (Phi) is 5.30. The first-order valence-corrected chi connectivity index (χ1v) is 10.2. The molecule has 0 aromatic heterocycles. The van der Waals surface area contributed by atoms with Gasteiger partial charge in [-0.25, -0.2) is 17.2 Å². The van der Waals surface area contributed by atoms with Gasteiger partial charge < -0.3 is 14.9 Å². The van der Waals surface area contributed by atoms with E-state index in [9.17, 15) is 27.1 Å². The number of rotatable bonds is 5. The molecule has 152 valence electrons. The minimum Gasteiger partial charge on any atom is -0.481 e. The Morgan fingerprint density at radius 3 is 2.55 bits per heavy atom. The van der Waals surface area contributed by atoms with Gasteiger partial charge in [-0.2, -0.15) is 5.26 Å². The maximum Gasteiger partial charge on any atom is 0.304 e. The van der Waals surface area contributed by atoms with Gasteiger partial charge in [0.25, 0.3) is 0 Å². The van der Waals surface area contributed by atoms with Crippen LogP contribution in [0.15, 0.2) is 35.2 Å². The number of carboxylic acids is 1. The number of hydrogen-bond donors (Lipinski definition) is 2. The quantitative estimate of drug-likeness (QED) is 0.758. The van der Waals surface area contributed by atoms with Gasteiger partial charge in [0, 0.05) is 23.8 Å². The molecule has 0 saturated heterocycles. The lowest BCUT2D eigenvalue weighted by Gasteiger charge is -2.16. The number of nitriles is 1. The highest BCUT2D eigenvalue weighted by Gasteiger charge is 2.46. The summed E-state index contributed by atoms with van der Waals surface area (Å²) in [5.74, 6) is -3.83. The van der Waals surface area contributed by atoms with Crippen molar-refractivity contribution < 1.29 is 36.9 Å². The number of alkyl halides is 1. The lowest BCUT2D eigenvalue weighted by atomic mass is 9.96. The van der Waals surface area contributed by atoms with E-state index in [1.807, 2.05) is 0 Å². The van der Waals surface area contributed by atoms with Crippen molar-refractivity contribution in [2.45, 2.75) is 29.5 Å². The normalized spacial score (nSPS) is 20.7. The molecule has 3 atom stereocenters. The molecule has 1 aliphatic rings. The number of hydrogen-bond acceptors (Lipinski definition) is 6. The predicted molar refractivity (Wildman–Crippen MR) is 95.6 cm³/mol. The molecule has 3 rings (SSSR count). The number of benzene rings is 2. The van der Waals surface area contributed by atoms with Gasteiger partial charge in [0.15, 0.2) is 9.84 Å². The standard InChI is InChI=1S/C19H15F2NO6S/c1-29(26,27)14-3-2-13(28-11-5-9(8-22)4-10(20)6-11)17-16(14)12(7-15(23)24)18(21)19(17)25/h2-6,12,18-19,25H,7H2,1H3,(H,23,24)/t12-,18+,19+/m0/s1. The van der Waals surface area contributed by atoms with Crippen LogP contribution in [0.3, 0.4) is 0 Å². The summed E-state index contributed by atoms with van der Waals surface area (Å²) in [6.07, 6.45) is -3.77. The summed E-state index contributed by atoms with van der Waals surface area (Å²) in [4.78, 5) is 10.8. The third-order valence-corrected chi connectivity index (χ3v) is 5.74. The van der Waals surface area contributed by atoms with E-state index >= 15 is 0 Å². The van der Waals surface area contributed by atoms with Crippen LogP contribution in [-0.4, -0.2) is 37.0 Å². The van der Waals surface area contributed by atoms with Crippen molar-refractivity contribution in [1.29, 1.82) is 5.26 Å². The first kappa shape index (κ1) is 20.7. The predicted octanol–water partition coefficient (Wildman–Crippen LogP) is 2.84. The Hall–Kier alpha value is -3.03. The van der Waals surface area contributed by atoms with Crippen LogP contribution in [0.4, 0.5) is 8.78 Å². The van der Waals surface area contributed by atoms with Crippen molar-refractivity contribution in [3.8, 4) is 17.6 Å². The largest absolute Gasteiger partial charge is 0.481 e. The van der Waals surface area contributed by atoms with Crippen molar-refractivity contribution in [1.82, 2.24) is 0 Å². The van der Waals surface area contributed by atoms with Crippen molar-refractivity contribution in [3.63, 3.8) is 0 Å². The molecule has 0 radical (unpaired) electrons. The number of aliphatic hydroxyl groups is 1. The minimum atomic E-state index is -3.88. The minimum absolute atomic E-state index is 0.0444. The maximum atomic E-state index is 14.7. The number of carboxylic acid groups (broad SMARTS) is 1. The fourth-order valence-electron chi connectivity index (χ4n) is 3.45. The first-order valence-electron chi connectivity index (χ1n) is 8.32. The number of halogens is 2. The Labute approximate surface area is 164 Å². The molecule has 2 aromatic carbocycles. The number of ether oxygens (including phenoxy) is 1. The van der Waals surface area contributed by atoms with Crippen LogP contribution in [0.5, 0.6) is 11.5 Å². The van der Waals surface area contributed by atoms with E-state index in [-0.39, 0.29) is 33.1 Å². The molecule has 10 heteroatoms. The summed E-state index contributed by atoms with van der Waals surface area (Å²) in [6, 6.07) is 7.18. The smallest absolute Gasteiger partial charge is 0.304 e. The van der Waals surface area contributed by atoms with Crippen LogP contribution in [0.25, 0.3) is 0 Å². The van der Waals surface area contributed by atoms with Crippen molar-refractivity contribution >= 4 is 15.8 Å². The monoisotopic (exact) mass is 423 g/mol. The van der Waals surface area contributed by atoms with E-state index in [1.54, 1.807) is 6.07 Å². The van der Waals surface area contributed by atoms with Crippen LogP contribution in [0.1, 0.15) is 35.1 Å². The second-order valence-corrected chi connectivity index (χ2v) is 8.63. The van der Waals surface area contributed by atoms with Crippen LogP contribution in [-0.2, 0) is 14.6 Å². The Balaban J connectivity index is 2.20. The molecule has 2 aromatic rings. The van der Waals surface area contributed by atoms with Gasteiger partial charge in [0.2, 0.25) is 0 Å². The second kappa shape index (κ2) is 7.42. The summed E-state index contributed by atoms with van der Waals surface area (Å²) >= 11 is 0. The molecule has 0 spiro atoms. The lowest BCUT2D eigenvalue weighted by Crippen LogP contribution is -2.17. The van der Waals surface area contributed by atoms with Gasteiger partial charge in [-0.3, -0.25) is 4.79 Å². The van der Waals surface area contributed by atoms with E-state index in [2.05, 4.69) is 0 Å². The highest BCUT2D eigenvalue weighted by Crippen LogP contribution is 2.51. The number of aliphatic carboxylic acids is 1. The average molecular weight is 423 g/mol. The van der Waals surface area contributed by atoms with Crippen LogP contribution in [0, 0.1) is 17.1 Å². The maximum absolute atomic E-state index is 14.7. The number of nitrogens with zero attached hydrogens (tertiary/aromatic N) is 1. The molecule has 0 amide bonds. The lowest BCUT2D eigenvalue weighted by molar-refractivity contribution is -0.138. The van der Waals surface area contributed by atoms with Crippen LogP contribution < -0.4 is 4.74 Å². The summed E-state index contributed by atoms with van der Waals surface area (Å²) in [7, 11) is -3.88. The second-order valence-electron chi connectivity index (χ2n) is 6.64. The molecule has 0 aliphatic heterocycles. The molecule has 29 heavy (non-hydrogen) atoms. The molecule has 0 saturated carbocycles. The van der Waals surface area contributed by atoms with E-state index in [1.165, 1.54) is 12.1 Å². The van der Waals surface area contributed by atoms with Gasteiger partial charge in [0.05, 0.1) is 22.9 Å². The third-order valence-electron chi connectivity index (χ3n) is 4.58. The van der Waals surface area contributed by atoms with Crippen molar-refractivity contribution in [3.05, 3.63) is 52.8 Å². The van der Waals surface area contributed by atoms with Gasteiger partial charge in [0.1, 0.15) is 29.6 Å². The molecule has 1 aliphatic carbocycles. The zero-order chi connectivity index (χ0) is 21.5. The first-order chi connectivity index (χ1) is 13.5. The molecule has 7 nitrogen and oxygen atoms in total. The van der Waals surface area contributed by atoms with Gasteiger partial charge >= 0.3 is 5.97 Å². The Bertz CT molecular complexity index is 1140. The number of carbonyl (C=O) groups is 1. The summed E-state index contributed by atoms with van der Waals surface area (Å²) in [5.41, 5.74) is -0.434. The SMILES string of the molecule is CS(=O)(=O)c1ccc(Oc2cc(F)cc(C#N)c2)c2c1[C@H](CC(=O)O)[C@@H](F)[C@@H]2O. The summed E-state index contributed by atoms with van der Waals surface area (Å²) < 4.78 is 58.2. The molecular weight excluding hydrogens is 408 g/mol. The molecule has 0 unspecified atom stereocenters. The molecular formula is C19H15F2NO6S. The summed E-state index contributed by atoms with van der Waals surface area (Å²) in [6.45, 7) is 0. The van der Waals surface area contributed by atoms with E-state index in [0.29, 0.717) is 0 Å². The number of sulfone groups is 1. The van der Waals surface area contributed by atoms with Crippen molar-refractivity contribution in [2.24, 2.45) is 0 Å².